The van der Waals surface area contributed by atoms with Gasteiger partial charge in [-0.25, -0.2) is 9.37 Å². The smallest absolute Gasteiger partial charge is 0.193 e. The number of thiazole rings is 1. The summed E-state index contributed by atoms with van der Waals surface area (Å²) in [5.74, 6) is 0.622. The molecule has 0 aliphatic carbocycles. The molecule has 0 fully saturated rings. The van der Waals surface area contributed by atoms with E-state index in [4.69, 9.17) is 0 Å². The van der Waals surface area contributed by atoms with Gasteiger partial charge in [0.2, 0.25) is 0 Å². The van der Waals surface area contributed by atoms with E-state index in [-0.39, 0.29) is 30.6 Å². The summed E-state index contributed by atoms with van der Waals surface area (Å²) in [6.07, 6.45) is 0. The van der Waals surface area contributed by atoms with Crippen LogP contribution in [0.5, 0.6) is 0 Å². The van der Waals surface area contributed by atoms with Crippen molar-refractivity contribution in [3.63, 3.8) is 0 Å². The Bertz CT molecular complexity index is 585. The van der Waals surface area contributed by atoms with Gasteiger partial charge in [-0.1, -0.05) is 24.9 Å². The molecular weight excluding hydrogens is 377 g/mol. The Morgan fingerprint density at radius 1 is 1.25 bits per heavy atom. The van der Waals surface area contributed by atoms with Crippen LogP contribution < -0.4 is 9.44 Å². The molecule has 0 aliphatic rings. The second-order valence-electron chi connectivity index (χ2n) is 4.07. The monoisotopic (exact) mass is 405 g/mol. The molecule has 0 unspecified atom stereocenters. The number of aromatic nitrogens is 1. The summed E-state index contributed by atoms with van der Waals surface area (Å²) in [7, 11) is 0. The summed E-state index contributed by atoms with van der Waals surface area (Å²) in [5, 5.41) is 2.81. The molecule has 0 bridgehead atoms. The number of aryl methyl sites for hydroxylation is 1. The van der Waals surface area contributed by atoms with Crippen LogP contribution in [0.1, 0.15) is 21.0 Å². The second kappa shape index (κ2) is 14.4. The fraction of sp³-hybridized carbons (Fsp3) is 0.308. The van der Waals surface area contributed by atoms with Crippen LogP contribution >= 0.6 is 35.2 Å². The Hall–Kier alpha value is -0.920. The van der Waals surface area contributed by atoms with Gasteiger partial charge in [0.15, 0.2) is 5.13 Å². The van der Waals surface area contributed by atoms with Crippen molar-refractivity contribution in [2.24, 2.45) is 0 Å². The molecule has 1 aromatic carbocycles. The van der Waals surface area contributed by atoms with Crippen molar-refractivity contribution in [3.05, 3.63) is 40.7 Å². The summed E-state index contributed by atoms with van der Waals surface area (Å²) < 4.78 is 19.9. The third-order valence-electron chi connectivity index (χ3n) is 2.35. The van der Waals surface area contributed by atoms with E-state index in [0.29, 0.717) is 4.90 Å². The first-order valence-corrected chi connectivity index (χ1v) is 8.85. The predicted octanol–water partition coefficient (Wildman–Crippen LogP) is 1.66. The van der Waals surface area contributed by atoms with E-state index >= 15 is 0 Å². The Balaban J connectivity index is -0.000000245. The number of anilines is 1. The van der Waals surface area contributed by atoms with Crippen LogP contribution in [0.2, 0.25) is 0 Å². The minimum atomic E-state index is -0.206. The zero-order valence-electron chi connectivity index (χ0n) is 13.3. The highest BCUT2D eigenvalue weighted by molar-refractivity contribution is 8.00. The van der Waals surface area contributed by atoms with Gasteiger partial charge in [-0.15, -0.1) is 11.3 Å². The largest absolute Gasteiger partial charge is 0.412 e. The van der Waals surface area contributed by atoms with Crippen LogP contribution in [-0.2, 0) is 5.75 Å². The summed E-state index contributed by atoms with van der Waals surface area (Å²) >= 11 is 4.42. The lowest BCUT2D eigenvalue weighted by Crippen LogP contribution is -2.01. The topological polar surface area (TPSA) is 163 Å². The maximum absolute atomic E-state index is 13.7. The Kier molecular flexibility index (Phi) is 16.8. The number of benzene rings is 1. The molecule has 0 atom stereocenters. The van der Waals surface area contributed by atoms with Gasteiger partial charge in [0.25, 0.3) is 0 Å². The number of hydrogen-bond acceptors (Lipinski definition) is 6. The van der Waals surface area contributed by atoms with Crippen molar-refractivity contribution >= 4 is 40.4 Å². The van der Waals surface area contributed by atoms with Gasteiger partial charge in [0.1, 0.15) is 5.82 Å². The van der Waals surface area contributed by atoms with E-state index in [1.165, 1.54) is 29.4 Å². The van der Waals surface area contributed by atoms with Gasteiger partial charge in [-0.3, -0.25) is 4.72 Å². The first-order valence-electron chi connectivity index (χ1n) is 6.17. The summed E-state index contributed by atoms with van der Waals surface area (Å²) in [6.45, 7) is 4.87. The van der Waals surface area contributed by atoms with Crippen LogP contribution in [0.15, 0.2) is 28.5 Å². The molecular formula is C13H28FN3O4S3. The number of nitrogens with one attached hydrogen (secondary N) is 2. The fourth-order valence-corrected chi connectivity index (χ4v) is 3.55. The molecule has 2 rings (SSSR count). The normalized spacial score (nSPS) is 8.96. The summed E-state index contributed by atoms with van der Waals surface area (Å²) in [5.41, 5.74) is 1.94. The van der Waals surface area contributed by atoms with E-state index in [0.717, 1.165) is 28.7 Å². The minimum absolute atomic E-state index is 0. The Morgan fingerprint density at radius 3 is 2.58 bits per heavy atom. The highest BCUT2D eigenvalue weighted by Crippen LogP contribution is 2.27. The lowest BCUT2D eigenvalue weighted by atomic mass is 10.2. The highest BCUT2D eigenvalue weighted by atomic mass is 32.2. The first-order chi connectivity index (χ1) is 9.69. The lowest BCUT2D eigenvalue weighted by Gasteiger charge is -2.04. The van der Waals surface area contributed by atoms with E-state index < -0.39 is 0 Å². The molecule has 0 saturated heterocycles. The lowest BCUT2D eigenvalue weighted by molar-refractivity contribution is 0.601. The highest BCUT2D eigenvalue weighted by Gasteiger charge is 2.06. The summed E-state index contributed by atoms with van der Waals surface area (Å²) in [6, 6.07) is 5.20. The third-order valence-corrected chi connectivity index (χ3v) is 5.07. The van der Waals surface area contributed by atoms with Crippen LogP contribution in [0.4, 0.5) is 9.52 Å². The minimum Gasteiger partial charge on any atom is -0.412 e. The molecule has 1 heterocycles. The third kappa shape index (κ3) is 8.80. The first kappa shape index (κ1) is 27.9. The van der Waals surface area contributed by atoms with E-state index in [2.05, 4.69) is 21.4 Å². The van der Waals surface area contributed by atoms with E-state index in [1.54, 1.807) is 18.0 Å². The molecule has 1 aromatic heterocycles. The Labute approximate surface area is 155 Å². The van der Waals surface area contributed by atoms with E-state index in [1.807, 2.05) is 18.4 Å². The molecule has 24 heavy (non-hydrogen) atoms. The van der Waals surface area contributed by atoms with Crippen LogP contribution in [0.3, 0.4) is 0 Å². The molecule has 0 saturated carbocycles. The molecule has 0 radical (unpaired) electrons. The van der Waals surface area contributed by atoms with Gasteiger partial charge in [0.05, 0.1) is 16.3 Å². The van der Waals surface area contributed by atoms with Crippen molar-refractivity contribution in [2.45, 2.75) is 24.5 Å². The molecule has 0 aliphatic heterocycles. The quantitative estimate of drug-likeness (QED) is 0.527. The maximum atomic E-state index is 13.7. The number of nitrogens with zero attached hydrogens (tertiary/aromatic N) is 1. The van der Waals surface area contributed by atoms with Crippen molar-refractivity contribution in [1.82, 2.24) is 9.71 Å². The molecule has 2 aromatic rings. The zero-order chi connectivity index (χ0) is 14.4. The molecule has 0 spiro atoms. The molecule has 0 amide bonds. The number of hydrogen-bond donors (Lipinski definition) is 2. The molecule has 7 nitrogen and oxygen atoms in total. The molecule has 10 N–H and O–H groups in total. The summed E-state index contributed by atoms with van der Waals surface area (Å²) in [4.78, 5) is 5.03. The number of rotatable bonds is 7. The van der Waals surface area contributed by atoms with Crippen molar-refractivity contribution in [3.8, 4) is 0 Å². The Morgan fingerprint density at radius 2 is 1.96 bits per heavy atom. The van der Waals surface area contributed by atoms with Gasteiger partial charge >= 0.3 is 0 Å². The van der Waals surface area contributed by atoms with Gasteiger partial charge in [-0.05, 0) is 36.6 Å². The van der Waals surface area contributed by atoms with Crippen LogP contribution in [0.25, 0.3) is 0 Å². The standard InChI is InChI=1S/C13H16FN3S3.4H2O.2H2/c1-3-15-19-8-10-7-18-13(16-10)17-20-12-5-4-9(2)6-11(12)14;;;;;;/h4-7,15H,3,8H2,1-2H3,(H,16,17);4*1H2;2*1H. The number of halogens is 1. The zero-order valence-corrected chi connectivity index (χ0v) is 15.7. The van der Waals surface area contributed by atoms with Crippen LogP contribution in [-0.4, -0.2) is 33.4 Å². The second-order valence-corrected chi connectivity index (χ2v) is 6.64. The maximum Gasteiger partial charge on any atom is 0.193 e. The fourth-order valence-electron chi connectivity index (χ4n) is 1.43. The average Bonchev–Trinajstić information content (AvgIpc) is 2.86. The van der Waals surface area contributed by atoms with Gasteiger partial charge < -0.3 is 26.6 Å². The van der Waals surface area contributed by atoms with Crippen LogP contribution in [0, 0.1) is 12.7 Å². The van der Waals surface area contributed by atoms with E-state index in [9.17, 15) is 4.39 Å². The van der Waals surface area contributed by atoms with Gasteiger partial charge in [0, 0.05) is 14.8 Å². The van der Waals surface area contributed by atoms with Crippen molar-refractivity contribution < 1.29 is 29.1 Å². The van der Waals surface area contributed by atoms with Gasteiger partial charge in [-0.2, -0.15) is 0 Å². The van der Waals surface area contributed by atoms with Crippen molar-refractivity contribution in [2.75, 3.05) is 11.3 Å². The average molecular weight is 406 g/mol. The predicted molar refractivity (Wildman–Crippen MR) is 106 cm³/mol. The SMILES string of the molecule is CCNSCc1csc(NSc2ccc(C)cc2F)n1.O.O.O.O.[HH].[HH]. The molecule has 144 valence electrons. The van der Waals surface area contributed by atoms with Crippen molar-refractivity contribution in [1.29, 1.82) is 0 Å². The molecule has 11 heteroatoms.